The molecule has 1 aliphatic rings. The van der Waals surface area contributed by atoms with E-state index in [0.29, 0.717) is 22.4 Å². The third kappa shape index (κ3) is 5.18. The lowest BCUT2D eigenvalue weighted by Crippen LogP contribution is -2.29. The zero-order valence-corrected chi connectivity index (χ0v) is 14.4. The first-order valence-corrected chi connectivity index (χ1v) is 8.57. The van der Waals surface area contributed by atoms with Gasteiger partial charge in [-0.15, -0.1) is 0 Å². The summed E-state index contributed by atoms with van der Waals surface area (Å²) in [4.78, 5) is 47.3. The molecule has 1 fully saturated rings. The summed E-state index contributed by atoms with van der Waals surface area (Å²) in [7, 11) is 0. The summed E-state index contributed by atoms with van der Waals surface area (Å²) in [5, 5.41) is 0.481. The topological polar surface area (TPSA) is 90.0 Å². The number of aldehydes is 1. The quantitative estimate of drug-likeness (QED) is 0.413. The van der Waals surface area contributed by atoms with Gasteiger partial charge in [-0.3, -0.25) is 9.59 Å². The summed E-state index contributed by atoms with van der Waals surface area (Å²) in [5.41, 5.74) is 0.778. The third-order valence-electron chi connectivity index (χ3n) is 3.27. The second-order valence-electron chi connectivity index (χ2n) is 4.94. The zero-order valence-electron chi connectivity index (χ0n) is 13.6. The molecule has 1 amide bonds. The molecule has 2 rings (SSSR count). The minimum absolute atomic E-state index is 0.0132. The Balaban J connectivity index is 1.90. The third-order valence-corrected chi connectivity index (χ3v) is 4.29. The number of rotatable bonds is 7. The molecule has 25 heavy (non-hydrogen) atoms. The molecule has 1 aliphatic heterocycles. The SMILES string of the molecule is CCOC(=O)/C=C1\SCC(=O)N1CCOC(=O)c1ccc(C=O)cc1. The van der Waals surface area contributed by atoms with Gasteiger partial charge >= 0.3 is 11.9 Å². The van der Waals surface area contributed by atoms with E-state index in [0.717, 1.165) is 0 Å². The Kier molecular flexibility index (Phi) is 6.76. The van der Waals surface area contributed by atoms with Gasteiger partial charge in [0.1, 0.15) is 12.9 Å². The molecule has 0 aliphatic carbocycles. The fourth-order valence-electron chi connectivity index (χ4n) is 2.06. The Morgan fingerprint density at radius 1 is 1.24 bits per heavy atom. The van der Waals surface area contributed by atoms with E-state index in [-0.39, 0.29) is 31.4 Å². The van der Waals surface area contributed by atoms with Crippen LogP contribution in [0, 0.1) is 0 Å². The van der Waals surface area contributed by atoms with Crippen LogP contribution in [0.1, 0.15) is 27.6 Å². The summed E-state index contributed by atoms with van der Waals surface area (Å²) in [6.07, 6.45) is 1.95. The lowest BCUT2D eigenvalue weighted by molar-refractivity contribution is -0.137. The van der Waals surface area contributed by atoms with Gasteiger partial charge in [0, 0.05) is 5.56 Å². The number of esters is 2. The second-order valence-corrected chi connectivity index (χ2v) is 5.94. The van der Waals surface area contributed by atoms with Crippen LogP contribution < -0.4 is 0 Å². The molecule has 1 heterocycles. The molecule has 0 aromatic heterocycles. The molecule has 1 aromatic carbocycles. The van der Waals surface area contributed by atoms with Crippen LogP contribution in [-0.4, -0.2) is 54.5 Å². The van der Waals surface area contributed by atoms with E-state index in [1.54, 1.807) is 6.92 Å². The number of carbonyl (C=O) groups excluding carboxylic acids is 4. The van der Waals surface area contributed by atoms with Crippen molar-refractivity contribution >= 4 is 35.9 Å². The van der Waals surface area contributed by atoms with E-state index in [4.69, 9.17) is 9.47 Å². The molecule has 0 atom stereocenters. The van der Waals surface area contributed by atoms with Gasteiger partial charge in [-0.1, -0.05) is 23.9 Å². The molecule has 0 radical (unpaired) electrons. The molecule has 0 unspecified atom stereocenters. The number of nitrogens with zero attached hydrogens (tertiary/aromatic N) is 1. The Morgan fingerprint density at radius 2 is 1.96 bits per heavy atom. The second kappa shape index (κ2) is 9.03. The minimum atomic E-state index is -0.548. The summed E-state index contributed by atoms with van der Waals surface area (Å²) in [5.74, 6) is -0.997. The van der Waals surface area contributed by atoms with Gasteiger partial charge in [-0.25, -0.2) is 9.59 Å². The first kappa shape index (κ1) is 18.7. The van der Waals surface area contributed by atoms with E-state index in [1.807, 2.05) is 0 Å². The first-order chi connectivity index (χ1) is 12.0. The predicted molar refractivity (Wildman–Crippen MR) is 91.0 cm³/mol. The number of carbonyl (C=O) groups is 4. The summed E-state index contributed by atoms with van der Waals surface area (Å²) < 4.78 is 9.97. The number of benzene rings is 1. The number of thioether (sulfide) groups is 1. The minimum Gasteiger partial charge on any atom is -0.463 e. The van der Waals surface area contributed by atoms with Gasteiger partial charge in [0.15, 0.2) is 0 Å². The molecular formula is C17H17NO6S. The molecular weight excluding hydrogens is 346 g/mol. The number of hydrogen-bond acceptors (Lipinski definition) is 7. The van der Waals surface area contributed by atoms with Gasteiger partial charge < -0.3 is 14.4 Å². The van der Waals surface area contributed by atoms with Crippen LogP contribution in [0.15, 0.2) is 35.4 Å². The Hall–Kier alpha value is -2.61. The van der Waals surface area contributed by atoms with Crippen molar-refractivity contribution in [3.8, 4) is 0 Å². The van der Waals surface area contributed by atoms with E-state index < -0.39 is 11.9 Å². The highest BCUT2D eigenvalue weighted by atomic mass is 32.2. The standard InChI is InChI=1S/C17H17NO6S/c1-2-23-16(21)9-15-18(14(20)11-25-15)7-8-24-17(22)13-5-3-12(10-19)4-6-13/h3-6,9-10H,2,7-8,11H2,1H3/b15-9-. The van der Waals surface area contributed by atoms with Gasteiger partial charge in [0.2, 0.25) is 5.91 Å². The van der Waals surface area contributed by atoms with Crippen molar-refractivity contribution in [1.29, 1.82) is 0 Å². The molecule has 132 valence electrons. The Labute approximate surface area is 149 Å². The molecule has 0 N–H and O–H groups in total. The van der Waals surface area contributed by atoms with Gasteiger partial charge in [-0.05, 0) is 19.1 Å². The first-order valence-electron chi connectivity index (χ1n) is 7.59. The fourth-order valence-corrected chi connectivity index (χ4v) is 3.02. The van der Waals surface area contributed by atoms with E-state index in [9.17, 15) is 19.2 Å². The zero-order chi connectivity index (χ0) is 18.2. The predicted octanol–water partition coefficient (Wildman–Crippen LogP) is 1.64. The highest BCUT2D eigenvalue weighted by Crippen LogP contribution is 2.28. The average molecular weight is 363 g/mol. The molecule has 1 saturated heterocycles. The van der Waals surface area contributed by atoms with E-state index >= 15 is 0 Å². The monoisotopic (exact) mass is 363 g/mol. The molecule has 7 nitrogen and oxygen atoms in total. The van der Waals surface area contributed by atoms with Crippen LogP contribution in [0.5, 0.6) is 0 Å². The van der Waals surface area contributed by atoms with Crippen LogP contribution in [0.25, 0.3) is 0 Å². The highest BCUT2D eigenvalue weighted by Gasteiger charge is 2.27. The van der Waals surface area contributed by atoms with Crippen molar-refractivity contribution < 1.29 is 28.7 Å². The normalized spacial score (nSPS) is 15.3. The molecule has 1 aromatic rings. The van der Waals surface area contributed by atoms with Crippen molar-refractivity contribution in [2.24, 2.45) is 0 Å². The highest BCUT2D eigenvalue weighted by molar-refractivity contribution is 8.04. The van der Waals surface area contributed by atoms with Crippen molar-refractivity contribution in [3.05, 3.63) is 46.5 Å². The number of hydrogen-bond donors (Lipinski definition) is 0. The van der Waals surface area contributed by atoms with Gasteiger partial charge in [-0.2, -0.15) is 0 Å². The van der Waals surface area contributed by atoms with Crippen molar-refractivity contribution in [1.82, 2.24) is 4.90 Å². The Bertz CT molecular complexity index is 698. The smallest absolute Gasteiger partial charge is 0.338 e. The van der Waals surface area contributed by atoms with Crippen LogP contribution in [0.2, 0.25) is 0 Å². The maximum Gasteiger partial charge on any atom is 0.338 e. The summed E-state index contributed by atoms with van der Waals surface area (Å²) in [6.45, 7) is 2.08. The van der Waals surface area contributed by atoms with Crippen LogP contribution in [-0.2, 0) is 19.1 Å². The fraction of sp³-hybridized carbons (Fsp3) is 0.294. The molecule has 0 spiro atoms. The Morgan fingerprint density at radius 3 is 2.60 bits per heavy atom. The number of amides is 1. The van der Waals surface area contributed by atoms with Crippen molar-refractivity contribution in [3.63, 3.8) is 0 Å². The van der Waals surface area contributed by atoms with Crippen LogP contribution >= 0.6 is 11.8 Å². The molecule has 0 saturated carbocycles. The number of ether oxygens (including phenoxy) is 2. The summed E-state index contributed by atoms with van der Waals surface area (Å²) in [6, 6.07) is 6.03. The van der Waals surface area contributed by atoms with Gasteiger partial charge in [0.25, 0.3) is 0 Å². The lowest BCUT2D eigenvalue weighted by atomic mass is 10.1. The summed E-state index contributed by atoms with van der Waals surface area (Å²) >= 11 is 1.24. The van der Waals surface area contributed by atoms with E-state index in [2.05, 4.69) is 0 Å². The van der Waals surface area contributed by atoms with E-state index in [1.165, 1.54) is 47.0 Å². The average Bonchev–Trinajstić information content (AvgIpc) is 2.95. The maximum absolute atomic E-state index is 11.9. The molecule has 0 bridgehead atoms. The van der Waals surface area contributed by atoms with Crippen LogP contribution in [0.4, 0.5) is 0 Å². The van der Waals surface area contributed by atoms with Gasteiger partial charge in [0.05, 0.1) is 35.6 Å². The van der Waals surface area contributed by atoms with Crippen LogP contribution in [0.3, 0.4) is 0 Å². The largest absolute Gasteiger partial charge is 0.463 e. The maximum atomic E-state index is 11.9. The molecule has 8 heteroatoms. The van der Waals surface area contributed by atoms with Crippen molar-refractivity contribution in [2.75, 3.05) is 25.5 Å². The lowest BCUT2D eigenvalue weighted by Gasteiger charge is -2.16. The van der Waals surface area contributed by atoms with Crippen molar-refractivity contribution in [2.45, 2.75) is 6.92 Å².